The fourth-order valence-electron chi connectivity index (χ4n) is 2.18. The van der Waals surface area contributed by atoms with Gasteiger partial charge in [-0.15, -0.1) is 0 Å². The molecule has 1 aromatic rings. The van der Waals surface area contributed by atoms with Crippen LogP contribution in [0.25, 0.3) is 0 Å². The summed E-state index contributed by atoms with van der Waals surface area (Å²) in [6.07, 6.45) is 2.27. The molecule has 112 valence electrons. The molecule has 2 rings (SSSR count). The van der Waals surface area contributed by atoms with Crippen LogP contribution in [0.5, 0.6) is 6.01 Å². The lowest BCUT2D eigenvalue weighted by Gasteiger charge is -2.18. The van der Waals surface area contributed by atoms with Crippen LogP contribution < -0.4 is 15.0 Å². The topological polar surface area (TPSA) is 63.2 Å². The molecule has 1 fully saturated rings. The molecule has 0 aromatic carbocycles. The molecule has 0 radical (unpaired) electrons. The molecule has 1 aromatic heterocycles. The molecule has 1 N–H and O–H groups in total. The van der Waals surface area contributed by atoms with Crippen molar-refractivity contribution in [2.45, 2.75) is 46.6 Å². The molecule has 1 aliphatic heterocycles. The zero-order valence-corrected chi connectivity index (χ0v) is 12.9. The maximum Gasteiger partial charge on any atom is 0.323 e. The third-order valence-corrected chi connectivity index (χ3v) is 3.18. The molecule has 0 saturated carbocycles. The first-order chi connectivity index (χ1) is 9.58. The van der Waals surface area contributed by atoms with E-state index in [1.807, 2.05) is 13.8 Å². The molecule has 2 heterocycles. The molecule has 0 aliphatic carbocycles. The molecule has 20 heavy (non-hydrogen) atoms. The summed E-state index contributed by atoms with van der Waals surface area (Å²) in [5.74, 6) is 2.01. The Bertz CT molecular complexity index is 438. The average molecular weight is 279 g/mol. The van der Waals surface area contributed by atoms with Crippen molar-refractivity contribution in [3.05, 3.63) is 0 Å². The number of nitrogens with one attached hydrogen (secondary N) is 1. The van der Waals surface area contributed by atoms with E-state index in [2.05, 4.69) is 39.0 Å². The second-order valence-electron chi connectivity index (χ2n) is 5.67. The van der Waals surface area contributed by atoms with E-state index in [1.54, 1.807) is 0 Å². The zero-order valence-electron chi connectivity index (χ0n) is 12.9. The Hall–Kier alpha value is -1.59. The van der Waals surface area contributed by atoms with Gasteiger partial charge in [-0.25, -0.2) is 0 Å². The first-order valence-corrected chi connectivity index (χ1v) is 7.50. The smallest absolute Gasteiger partial charge is 0.323 e. The lowest BCUT2D eigenvalue weighted by Crippen LogP contribution is -2.23. The highest BCUT2D eigenvalue weighted by atomic mass is 16.5. The van der Waals surface area contributed by atoms with E-state index in [0.29, 0.717) is 17.9 Å². The van der Waals surface area contributed by atoms with Gasteiger partial charge in [-0.1, -0.05) is 13.8 Å². The molecule has 6 heteroatoms. The standard InChI is InChI=1S/C14H25N5O/c1-5-7-15-12-16-13(19-8-6-11(4)9-19)18-14(17-12)20-10(2)3/h10-11H,5-9H2,1-4H3,(H,15,16,17,18). The molecule has 1 atom stereocenters. The maximum atomic E-state index is 5.63. The number of anilines is 2. The maximum absolute atomic E-state index is 5.63. The second-order valence-corrected chi connectivity index (χ2v) is 5.67. The van der Waals surface area contributed by atoms with Crippen LogP contribution in [0, 0.1) is 5.92 Å². The van der Waals surface area contributed by atoms with Gasteiger partial charge in [0, 0.05) is 19.6 Å². The van der Waals surface area contributed by atoms with Gasteiger partial charge in [0.05, 0.1) is 6.10 Å². The first-order valence-electron chi connectivity index (χ1n) is 7.50. The van der Waals surface area contributed by atoms with Gasteiger partial charge < -0.3 is 15.0 Å². The molecule has 0 bridgehead atoms. The van der Waals surface area contributed by atoms with Crippen molar-refractivity contribution in [1.82, 2.24) is 15.0 Å². The molecule has 1 saturated heterocycles. The van der Waals surface area contributed by atoms with Crippen LogP contribution >= 0.6 is 0 Å². The predicted molar refractivity (Wildman–Crippen MR) is 80.4 cm³/mol. The van der Waals surface area contributed by atoms with Crippen LogP contribution in [0.4, 0.5) is 11.9 Å². The van der Waals surface area contributed by atoms with Crippen LogP contribution in [0.15, 0.2) is 0 Å². The number of nitrogens with zero attached hydrogens (tertiary/aromatic N) is 4. The van der Waals surface area contributed by atoms with E-state index < -0.39 is 0 Å². The number of aromatic nitrogens is 3. The van der Waals surface area contributed by atoms with Gasteiger partial charge >= 0.3 is 6.01 Å². The molecule has 6 nitrogen and oxygen atoms in total. The van der Waals surface area contributed by atoms with E-state index in [4.69, 9.17) is 4.74 Å². The molecule has 0 amide bonds. The number of rotatable bonds is 6. The highest BCUT2D eigenvalue weighted by Gasteiger charge is 2.22. The summed E-state index contributed by atoms with van der Waals surface area (Å²) in [7, 11) is 0. The average Bonchev–Trinajstić information content (AvgIpc) is 2.82. The predicted octanol–water partition coefficient (Wildman–Crippen LogP) is 2.33. The van der Waals surface area contributed by atoms with E-state index in [-0.39, 0.29) is 6.10 Å². The van der Waals surface area contributed by atoms with Gasteiger partial charge in [-0.2, -0.15) is 15.0 Å². The second kappa shape index (κ2) is 6.72. The van der Waals surface area contributed by atoms with Crippen molar-refractivity contribution < 1.29 is 4.74 Å². The van der Waals surface area contributed by atoms with Crippen molar-refractivity contribution in [3.63, 3.8) is 0 Å². The molecule has 0 spiro atoms. The number of hydrogen-bond donors (Lipinski definition) is 1. The van der Waals surface area contributed by atoms with Gasteiger partial charge in [0.2, 0.25) is 11.9 Å². The first kappa shape index (κ1) is 14.8. The molecule has 1 aliphatic rings. The highest BCUT2D eigenvalue weighted by Crippen LogP contribution is 2.22. The summed E-state index contributed by atoms with van der Waals surface area (Å²) in [6, 6.07) is 0.406. The lowest BCUT2D eigenvalue weighted by molar-refractivity contribution is 0.222. The van der Waals surface area contributed by atoms with Crippen molar-refractivity contribution in [1.29, 1.82) is 0 Å². The lowest BCUT2D eigenvalue weighted by atomic mass is 10.2. The van der Waals surface area contributed by atoms with Crippen molar-refractivity contribution in [2.75, 3.05) is 29.9 Å². The van der Waals surface area contributed by atoms with Crippen LogP contribution in [0.2, 0.25) is 0 Å². The van der Waals surface area contributed by atoms with Crippen LogP contribution in [0.3, 0.4) is 0 Å². The minimum Gasteiger partial charge on any atom is -0.461 e. The molecular weight excluding hydrogens is 254 g/mol. The van der Waals surface area contributed by atoms with E-state index in [1.165, 1.54) is 6.42 Å². The summed E-state index contributed by atoms with van der Waals surface area (Å²) in [4.78, 5) is 15.5. The summed E-state index contributed by atoms with van der Waals surface area (Å²) in [6.45, 7) is 11.2. The Morgan fingerprint density at radius 1 is 1.35 bits per heavy atom. The largest absolute Gasteiger partial charge is 0.461 e. The van der Waals surface area contributed by atoms with Crippen LogP contribution in [-0.2, 0) is 0 Å². The molecular formula is C14H25N5O. The Morgan fingerprint density at radius 2 is 2.15 bits per heavy atom. The van der Waals surface area contributed by atoms with Crippen LogP contribution in [0.1, 0.15) is 40.5 Å². The third-order valence-electron chi connectivity index (χ3n) is 3.18. The van der Waals surface area contributed by atoms with Gasteiger partial charge in [0.15, 0.2) is 0 Å². The minimum absolute atomic E-state index is 0.0572. The Morgan fingerprint density at radius 3 is 2.75 bits per heavy atom. The van der Waals surface area contributed by atoms with Gasteiger partial charge in [0.25, 0.3) is 0 Å². The van der Waals surface area contributed by atoms with Crippen LogP contribution in [-0.4, -0.2) is 40.7 Å². The number of hydrogen-bond acceptors (Lipinski definition) is 6. The van der Waals surface area contributed by atoms with E-state index in [9.17, 15) is 0 Å². The summed E-state index contributed by atoms with van der Waals surface area (Å²) >= 11 is 0. The van der Waals surface area contributed by atoms with Crippen molar-refractivity contribution in [2.24, 2.45) is 5.92 Å². The Balaban J connectivity index is 2.20. The minimum atomic E-state index is 0.0572. The Labute approximate surface area is 121 Å². The summed E-state index contributed by atoms with van der Waals surface area (Å²) < 4.78 is 5.63. The van der Waals surface area contributed by atoms with E-state index in [0.717, 1.165) is 32.0 Å². The summed E-state index contributed by atoms with van der Waals surface area (Å²) in [5.41, 5.74) is 0. The van der Waals surface area contributed by atoms with E-state index >= 15 is 0 Å². The van der Waals surface area contributed by atoms with Gasteiger partial charge in [-0.3, -0.25) is 0 Å². The normalized spacial score (nSPS) is 18.6. The third kappa shape index (κ3) is 3.95. The fraction of sp³-hybridized carbons (Fsp3) is 0.786. The monoisotopic (exact) mass is 279 g/mol. The summed E-state index contributed by atoms with van der Waals surface area (Å²) in [5, 5.41) is 3.21. The quantitative estimate of drug-likeness (QED) is 0.862. The van der Waals surface area contributed by atoms with Crippen molar-refractivity contribution in [3.8, 4) is 6.01 Å². The number of ether oxygens (including phenoxy) is 1. The fourth-order valence-corrected chi connectivity index (χ4v) is 2.18. The zero-order chi connectivity index (χ0) is 14.5. The highest BCUT2D eigenvalue weighted by molar-refractivity contribution is 5.39. The van der Waals surface area contributed by atoms with Gasteiger partial charge in [0.1, 0.15) is 0 Å². The van der Waals surface area contributed by atoms with Gasteiger partial charge in [-0.05, 0) is 32.6 Å². The SMILES string of the molecule is CCCNc1nc(OC(C)C)nc(N2CCC(C)C2)n1. The molecule has 1 unspecified atom stereocenters. The Kier molecular flexibility index (Phi) is 4.98. The van der Waals surface area contributed by atoms with Crippen molar-refractivity contribution >= 4 is 11.9 Å².